The third-order valence-corrected chi connectivity index (χ3v) is 7.75. The van der Waals surface area contributed by atoms with Gasteiger partial charge >= 0.3 is 13.1 Å². The monoisotopic (exact) mass is 432 g/mol. The first-order valence-electron chi connectivity index (χ1n) is 11.4. The molecule has 0 amide bonds. The molecule has 3 unspecified atom stereocenters. The van der Waals surface area contributed by atoms with Crippen LogP contribution >= 0.6 is 0 Å². The molecule has 4 fully saturated rings. The molecular formula is C24H34BFO5. The molecule has 3 saturated carbocycles. The lowest BCUT2D eigenvalue weighted by Crippen LogP contribution is -2.65. The third kappa shape index (κ3) is 3.88. The molecule has 1 aromatic carbocycles. The van der Waals surface area contributed by atoms with Gasteiger partial charge in [-0.3, -0.25) is 0 Å². The minimum Gasteiger partial charge on any atom is -0.496 e. The van der Waals surface area contributed by atoms with E-state index in [0.29, 0.717) is 41.3 Å². The van der Waals surface area contributed by atoms with E-state index in [4.69, 9.17) is 18.8 Å². The van der Waals surface area contributed by atoms with Crippen molar-refractivity contribution in [3.05, 3.63) is 29.1 Å². The van der Waals surface area contributed by atoms with Gasteiger partial charge in [0, 0.05) is 0 Å². The number of methoxy groups -OCH3 is 1. The highest BCUT2D eigenvalue weighted by atomic mass is 19.1. The van der Waals surface area contributed by atoms with Gasteiger partial charge in [-0.05, 0) is 73.4 Å². The minimum atomic E-state index is -0.569. The first-order chi connectivity index (χ1) is 14.6. The molecule has 2 bridgehead atoms. The zero-order valence-corrected chi connectivity index (χ0v) is 19.5. The molecule has 0 spiro atoms. The van der Waals surface area contributed by atoms with Crippen molar-refractivity contribution in [3.63, 3.8) is 0 Å². The number of rotatable bonds is 7. The summed E-state index contributed by atoms with van der Waals surface area (Å²) in [5.74, 6) is 0.699. The summed E-state index contributed by atoms with van der Waals surface area (Å²) in [6, 6.07) is 2.60. The number of hydrogen-bond acceptors (Lipinski definition) is 5. The molecule has 5 nitrogen and oxygen atoms in total. The Bertz CT molecular complexity index is 857. The molecule has 0 radical (unpaired) electrons. The fourth-order valence-electron chi connectivity index (χ4n) is 5.90. The number of ether oxygens (including phenoxy) is 2. The third-order valence-electron chi connectivity index (χ3n) is 7.75. The smallest absolute Gasteiger partial charge is 0.457 e. The topological polar surface area (TPSA) is 54.0 Å². The zero-order chi connectivity index (χ0) is 22.6. The molecule has 3 aliphatic carbocycles. The first-order valence-corrected chi connectivity index (χ1v) is 11.4. The van der Waals surface area contributed by atoms with Crippen LogP contribution in [0.4, 0.5) is 4.39 Å². The largest absolute Gasteiger partial charge is 0.496 e. The van der Waals surface area contributed by atoms with E-state index in [1.54, 1.807) is 0 Å². The molecule has 0 aromatic heterocycles. The summed E-state index contributed by atoms with van der Waals surface area (Å²) < 4.78 is 37.9. The van der Waals surface area contributed by atoms with Crippen molar-refractivity contribution >= 4 is 13.1 Å². The van der Waals surface area contributed by atoms with Gasteiger partial charge in [0.1, 0.15) is 17.1 Å². The Morgan fingerprint density at radius 3 is 2.68 bits per heavy atom. The highest BCUT2D eigenvalue weighted by molar-refractivity contribution is 6.45. The predicted octanol–water partition coefficient (Wildman–Crippen LogP) is 4.92. The van der Waals surface area contributed by atoms with Crippen molar-refractivity contribution < 1.29 is 28.0 Å². The number of hydrogen-bond donors (Lipinski definition) is 0. The fourth-order valence-corrected chi connectivity index (χ4v) is 5.90. The van der Waals surface area contributed by atoms with Gasteiger partial charge < -0.3 is 18.8 Å². The molecule has 5 rings (SSSR count). The van der Waals surface area contributed by atoms with E-state index in [1.165, 1.54) is 25.7 Å². The van der Waals surface area contributed by atoms with E-state index < -0.39 is 11.8 Å². The highest BCUT2D eigenvalue weighted by Crippen LogP contribution is 2.65. The Morgan fingerprint density at radius 1 is 1.29 bits per heavy atom. The average Bonchev–Trinajstić information content (AvgIpc) is 3.05. The lowest BCUT2D eigenvalue weighted by atomic mass is 9.43. The summed E-state index contributed by atoms with van der Waals surface area (Å²) in [6.07, 6.45) is 3.41. The van der Waals surface area contributed by atoms with E-state index in [0.717, 1.165) is 6.42 Å². The summed E-state index contributed by atoms with van der Waals surface area (Å²) >= 11 is 0. The Hall–Kier alpha value is -1.60. The van der Waals surface area contributed by atoms with Crippen molar-refractivity contribution in [1.29, 1.82) is 0 Å². The summed E-state index contributed by atoms with van der Waals surface area (Å²) in [7, 11) is 1.15. The SMILES string of the molecule is COc1c(CCB2OC3CC4CC(C4(C)C)[C@]3(C)O2)cc(F)cc1C(=O)OCC(C)C. The minimum absolute atomic E-state index is 0.116. The van der Waals surface area contributed by atoms with Crippen LogP contribution in [0.3, 0.4) is 0 Å². The maximum atomic E-state index is 14.3. The number of benzene rings is 1. The summed E-state index contributed by atoms with van der Waals surface area (Å²) in [5, 5.41) is 0. The van der Waals surface area contributed by atoms with Crippen LogP contribution in [-0.4, -0.2) is 38.5 Å². The zero-order valence-electron chi connectivity index (χ0n) is 19.5. The number of carbonyl (C=O) groups excluding carboxylic acids is 1. The quantitative estimate of drug-likeness (QED) is 0.452. The predicted molar refractivity (Wildman–Crippen MR) is 117 cm³/mol. The van der Waals surface area contributed by atoms with Crippen LogP contribution in [-0.2, 0) is 20.5 Å². The van der Waals surface area contributed by atoms with Crippen LogP contribution in [0.1, 0.15) is 63.4 Å². The molecule has 4 aliphatic rings. The summed E-state index contributed by atoms with van der Waals surface area (Å²) in [5.41, 5.74) is 0.770. The molecule has 1 aromatic rings. The van der Waals surface area contributed by atoms with Crippen LogP contribution < -0.4 is 4.74 Å². The second-order valence-corrected chi connectivity index (χ2v) is 10.6. The number of esters is 1. The van der Waals surface area contributed by atoms with Crippen molar-refractivity contribution in [3.8, 4) is 5.75 Å². The number of carbonyl (C=O) groups is 1. The molecule has 170 valence electrons. The summed E-state index contributed by atoms with van der Waals surface area (Å²) in [4.78, 5) is 12.5. The van der Waals surface area contributed by atoms with Gasteiger partial charge in [0.05, 0.1) is 25.4 Å². The van der Waals surface area contributed by atoms with Gasteiger partial charge in [0.2, 0.25) is 0 Å². The molecule has 4 atom stereocenters. The lowest BCUT2D eigenvalue weighted by Gasteiger charge is -2.64. The molecular weight excluding hydrogens is 398 g/mol. The van der Waals surface area contributed by atoms with E-state index in [1.807, 2.05) is 13.8 Å². The second-order valence-electron chi connectivity index (χ2n) is 10.6. The summed E-state index contributed by atoms with van der Waals surface area (Å²) in [6.45, 7) is 11.0. The van der Waals surface area contributed by atoms with E-state index in [2.05, 4.69) is 20.8 Å². The molecule has 1 aliphatic heterocycles. The van der Waals surface area contributed by atoms with Crippen molar-refractivity contribution in [2.24, 2.45) is 23.2 Å². The maximum Gasteiger partial charge on any atom is 0.457 e. The van der Waals surface area contributed by atoms with Crippen molar-refractivity contribution in [2.75, 3.05) is 13.7 Å². The van der Waals surface area contributed by atoms with Gasteiger partial charge in [-0.15, -0.1) is 0 Å². The Balaban J connectivity index is 1.46. The van der Waals surface area contributed by atoms with Gasteiger partial charge in [-0.2, -0.15) is 0 Å². The van der Waals surface area contributed by atoms with Crippen LogP contribution in [0.15, 0.2) is 12.1 Å². The van der Waals surface area contributed by atoms with Crippen LogP contribution in [0, 0.1) is 29.0 Å². The molecule has 0 N–H and O–H groups in total. The normalized spacial score (nSPS) is 30.7. The van der Waals surface area contributed by atoms with Gasteiger partial charge in [0.15, 0.2) is 0 Å². The average molecular weight is 432 g/mol. The standard InChI is InChI=1S/C24H34BFO5/c1-14(2)13-29-22(27)18-12-17(26)9-15(21(18)28-6)7-8-25-30-20-11-16-10-19(23(16,3)4)24(20,5)31-25/h9,12,14,16,19-20H,7-8,10-11,13H2,1-6H3/t16?,19?,20?,24-/m0/s1. The van der Waals surface area contributed by atoms with Gasteiger partial charge in [-0.1, -0.05) is 27.7 Å². The lowest BCUT2D eigenvalue weighted by molar-refractivity contribution is -0.199. The van der Waals surface area contributed by atoms with Crippen molar-refractivity contribution in [2.45, 2.75) is 71.9 Å². The molecule has 31 heavy (non-hydrogen) atoms. The van der Waals surface area contributed by atoms with Gasteiger partial charge in [-0.25, -0.2) is 9.18 Å². The Labute approximate surface area is 185 Å². The Kier molecular flexibility index (Phi) is 5.88. The van der Waals surface area contributed by atoms with E-state index in [9.17, 15) is 9.18 Å². The highest BCUT2D eigenvalue weighted by Gasteiger charge is 2.67. The molecule has 1 saturated heterocycles. The molecule has 1 heterocycles. The van der Waals surface area contributed by atoms with E-state index in [-0.39, 0.29) is 36.9 Å². The number of halogens is 1. The fraction of sp³-hybridized carbons (Fsp3) is 0.708. The van der Waals surface area contributed by atoms with Crippen LogP contribution in [0.5, 0.6) is 5.75 Å². The maximum absolute atomic E-state index is 14.3. The van der Waals surface area contributed by atoms with Crippen LogP contribution in [0.2, 0.25) is 6.32 Å². The number of aryl methyl sites for hydroxylation is 1. The second kappa shape index (κ2) is 8.07. The van der Waals surface area contributed by atoms with E-state index >= 15 is 0 Å². The molecule has 7 heteroatoms. The van der Waals surface area contributed by atoms with Gasteiger partial charge in [0.25, 0.3) is 0 Å². The van der Waals surface area contributed by atoms with Crippen molar-refractivity contribution in [1.82, 2.24) is 0 Å². The Morgan fingerprint density at radius 2 is 2.03 bits per heavy atom. The van der Waals surface area contributed by atoms with Crippen LogP contribution in [0.25, 0.3) is 0 Å². The first kappa shape index (κ1) is 22.6.